The third kappa shape index (κ3) is 4.94. The molecule has 0 aromatic rings. The maximum atomic E-state index is 11.6. The van der Waals surface area contributed by atoms with Gasteiger partial charge < -0.3 is 9.05 Å². The van der Waals surface area contributed by atoms with Gasteiger partial charge in [0.2, 0.25) is 0 Å². The summed E-state index contributed by atoms with van der Waals surface area (Å²) in [6, 6.07) is 0. The molecule has 0 aromatic carbocycles. The molecule has 0 saturated carbocycles. The van der Waals surface area contributed by atoms with Crippen molar-refractivity contribution in [3.8, 4) is 0 Å². The number of rotatable bonds is 6. The van der Waals surface area contributed by atoms with Crippen molar-refractivity contribution in [1.82, 2.24) is 0 Å². The standard InChI is InChI=1S/C7H14ClO3P/c1-3-10-12(9,11-4-2)7-5-6-8/h5-6H,3-4,7H2,1-2H3. The van der Waals surface area contributed by atoms with E-state index in [1.165, 1.54) is 5.54 Å². The predicted octanol–water partition coefficient (Wildman–Crippen LogP) is 3.01. The van der Waals surface area contributed by atoms with Crippen LogP contribution in [0.1, 0.15) is 13.8 Å². The van der Waals surface area contributed by atoms with E-state index in [-0.39, 0.29) is 6.16 Å². The molecule has 0 fully saturated rings. The predicted molar refractivity (Wildman–Crippen MR) is 50.7 cm³/mol. The second-order valence-electron chi connectivity index (χ2n) is 1.99. The molecule has 5 heteroatoms. The summed E-state index contributed by atoms with van der Waals surface area (Å²) in [7, 11) is -2.91. The first-order valence-electron chi connectivity index (χ1n) is 3.82. The fourth-order valence-electron chi connectivity index (χ4n) is 0.705. The van der Waals surface area contributed by atoms with Crippen LogP contribution in [0.15, 0.2) is 11.6 Å². The van der Waals surface area contributed by atoms with Crippen LogP contribution in [0.4, 0.5) is 0 Å². The Labute approximate surface area is 78.2 Å². The van der Waals surface area contributed by atoms with Crippen LogP contribution in [0, 0.1) is 0 Å². The van der Waals surface area contributed by atoms with Crippen molar-refractivity contribution in [1.29, 1.82) is 0 Å². The number of hydrogen-bond donors (Lipinski definition) is 0. The second kappa shape index (κ2) is 6.67. The first kappa shape index (κ1) is 12.2. The van der Waals surface area contributed by atoms with Gasteiger partial charge in [0.1, 0.15) is 0 Å². The number of allylic oxidation sites excluding steroid dienone is 1. The van der Waals surface area contributed by atoms with Crippen molar-refractivity contribution < 1.29 is 13.6 Å². The summed E-state index contributed by atoms with van der Waals surface area (Å²) in [6.45, 7) is 4.31. The zero-order valence-electron chi connectivity index (χ0n) is 7.33. The van der Waals surface area contributed by atoms with E-state index in [2.05, 4.69) is 0 Å². The Hall–Kier alpha value is 0.180. The highest BCUT2D eigenvalue weighted by atomic mass is 35.5. The van der Waals surface area contributed by atoms with Gasteiger partial charge in [-0.05, 0) is 13.8 Å². The minimum Gasteiger partial charge on any atom is -0.309 e. The molecule has 0 N–H and O–H groups in total. The lowest BCUT2D eigenvalue weighted by Crippen LogP contribution is -1.97. The van der Waals surface area contributed by atoms with Crippen molar-refractivity contribution in [2.75, 3.05) is 19.4 Å². The summed E-state index contributed by atoms with van der Waals surface area (Å²) in [5.41, 5.74) is 1.31. The van der Waals surface area contributed by atoms with Gasteiger partial charge in [0.25, 0.3) is 0 Å². The summed E-state index contributed by atoms with van der Waals surface area (Å²) >= 11 is 5.30. The quantitative estimate of drug-likeness (QED) is 0.635. The number of halogens is 1. The average Bonchev–Trinajstić information content (AvgIpc) is 2.02. The molecule has 72 valence electrons. The summed E-state index contributed by atoms with van der Waals surface area (Å²) in [4.78, 5) is 0. The SMILES string of the molecule is CCOP(=O)(CC=CCl)OCC. The van der Waals surface area contributed by atoms with Crippen molar-refractivity contribution in [2.24, 2.45) is 0 Å². The van der Waals surface area contributed by atoms with Crippen LogP contribution in [-0.4, -0.2) is 19.4 Å². The molecule has 0 atom stereocenters. The van der Waals surface area contributed by atoms with Gasteiger partial charge in [-0.15, -0.1) is 0 Å². The molecule has 0 amide bonds. The highest BCUT2D eigenvalue weighted by Gasteiger charge is 2.20. The third-order valence-electron chi connectivity index (χ3n) is 1.07. The van der Waals surface area contributed by atoms with E-state index in [1.807, 2.05) is 0 Å². The minimum absolute atomic E-state index is 0.234. The molecule has 0 heterocycles. The molecule has 0 radical (unpaired) electrons. The zero-order valence-corrected chi connectivity index (χ0v) is 8.98. The van der Waals surface area contributed by atoms with Gasteiger partial charge in [-0.25, -0.2) is 0 Å². The second-order valence-corrected chi connectivity index (χ2v) is 4.35. The van der Waals surface area contributed by atoms with Crippen LogP contribution in [0.3, 0.4) is 0 Å². The molecular weight excluding hydrogens is 199 g/mol. The summed E-state index contributed by atoms with van der Waals surface area (Å²) in [6.07, 6.45) is 1.80. The normalized spacial score (nSPS) is 12.6. The molecule has 0 saturated heterocycles. The molecule has 3 nitrogen and oxygen atoms in total. The third-order valence-corrected chi connectivity index (χ3v) is 3.21. The first-order valence-corrected chi connectivity index (χ1v) is 5.98. The Kier molecular flexibility index (Phi) is 6.77. The van der Waals surface area contributed by atoms with Crippen LogP contribution in [0.2, 0.25) is 0 Å². The minimum atomic E-state index is -2.91. The van der Waals surface area contributed by atoms with E-state index < -0.39 is 7.60 Å². The van der Waals surface area contributed by atoms with Crippen LogP contribution in [0.25, 0.3) is 0 Å². The Morgan fingerprint density at radius 1 is 1.33 bits per heavy atom. The average molecular weight is 213 g/mol. The summed E-state index contributed by atoms with van der Waals surface area (Å²) in [5.74, 6) is 0. The topological polar surface area (TPSA) is 35.5 Å². The van der Waals surface area contributed by atoms with Gasteiger partial charge in [0, 0.05) is 5.54 Å². The van der Waals surface area contributed by atoms with E-state index in [0.717, 1.165) is 0 Å². The highest BCUT2D eigenvalue weighted by molar-refractivity contribution is 7.54. The molecular formula is C7H14ClO3P. The van der Waals surface area contributed by atoms with Gasteiger partial charge in [-0.1, -0.05) is 17.7 Å². The van der Waals surface area contributed by atoms with Crippen LogP contribution in [0.5, 0.6) is 0 Å². The highest BCUT2D eigenvalue weighted by Crippen LogP contribution is 2.47. The van der Waals surface area contributed by atoms with Crippen molar-refractivity contribution >= 4 is 19.2 Å². The molecule has 0 rings (SSSR count). The lowest BCUT2D eigenvalue weighted by molar-refractivity contribution is 0.222. The van der Waals surface area contributed by atoms with Gasteiger partial charge in [-0.3, -0.25) is 4.57 Å². The molecule has 0 bridgehead atoms. The van der Waals surface area contributed by atoms with Crippen molar-refractivity contribution in [3.05, 3.63) is 11.6 Å². The Morgan fingerprint density at radius 2 is 1.83 bits per heavy atom. The summed E-state index contributed by atoms with van der Waals surface area (Å²) < 4.78 is 21.6. The zero-order chi connectivity index (χ0) is 9.45. The van der Waals surface area contributed by atoms with Gasteiger partial charge in [-0.2, -0.15) is 0 Å². The van der Waals surface area contributed by atoms with Crippen molar-refractivity contribution in [2.45, 2.75) is 13.8 Å². The summed E-state index contributed by atoms with van der Waals surface area (Å²) in [5, 5.41) is 0. The smallest absolute Gasteiger partial charge is 0.309 e. The van der Waals surface area contributed by atoms with E-state index in [0.29, 0.717) is 13.2 Å². The molecule has 12 heavy (non-hydrogen) atoms. The Morgan fingerprint density at radius 3 is 2.17 bits per heavy atom. The maximum Gasteiger partial charge on any atom is 0.334 e. The largest absolute Gasteiger partial charge is 0.334 e. The lowest BCUT2D eigenvalue weighted by atomic mass is 10.8. The van der Waals surface area contributed by atoms with E-state index in [4.69, 9.17) is 20.6 Å². The van der Waals surface area contributed by atoms with Gasteiger partial charge >= 0.3 is 7.60 Å². The van der Waals surface area contributed by atoms with E-state index in [9.17, 15) is 4.57 Å². The van der Waals surface area contributed by atoms with Crippen LogP contribution < -0.4 is 0 Å². The molecule has 0 aliphatic carbocycles. The monoisotopic (exact) mass is 212 g/mol. The molecule has 0 spiro atoms. The van der Waals surface area contributed by atoms with Gasteiger partial charge in [0.05, 0.1) is 19.4 Å². The van der Waals surface area contributed by atoms with Crippen LogP contribution >= 0.6 is 19.2 Å². The first-order chi connectivity index (χ1) is 5.68. The molecule has 0 unspecified atom stereocenters. The van der Waals surface area contributed by atoms with Crippen LogP contribution in [-0.2, 0) is 13.6 Å². The molecule has 0 aromatic heterocycles. The number of hydrogen-bond acceptors (Lipinski definition) is 3. The van der Waals surface area contributed by atoms with E-state index >= 15 is 0 Å². The van der Waals surface area contributed by atoms with Gasteiger partial charge in [0.15, 0.2) is 0 Å². The fourth-order valence-corrected chi connectivity index (χ4v) is 2.35. The lowest BCUT2D eigenvalue weighted by Gasteiger charge is -2.14. The molecule has 0 aliphatic rings. The van der Waals surface area contributed by atoms with Crippen molar-refractivity contribution in [3.63, 3.8) is 0 Å². The fraction of sp³-hybridized carbons (Fsp3) is 0.714. The van der Waals surface area contributed by atoms with E-state index in [1.54, 1.807) is 19.9 Å². The molecule has 0 aliphatic heterocycles. The maximum absolute atomic E-state index is 11.6. The Bertz CT molecular complexity index is 171. The Balaban J connectivity index is 4.08.